The Kier molecular flexibility index (Phi) is 6.06. The molecule has 0 heterocycles. The number of unbranched alkanes of at least 4 members (excludes halogenated alkanes) is 1. The zero-order valence-electron chi connectivity index (χ0n) is 5.65. The molecule has 0 N–H and O–H groups in total. The molecule has 0 aliphatic carbocycles. The van der Waals surface area contributed by atoms with E-state index in [0.717, 1.165) is 0 Å². The van der Waals surface area contributed by atoms with Gasteiger partial charge < -0.3 is 0 Å². The fraction of sp³-hybridized carbons (Fsp3) is 0.500. The Morgan fingerprint density at radius 1 is 1.50 bits per heavy atom. The fourth-order valence-corrected chi connectivity index (χ4v) is 0.427. The van der Waals surface area contributed by atoms with Crippen LogP contribution in [0.3, 0.4) is 0 Å². The zero-order valence-corrected chi connectivity index (χ0v) is 5.65. The van der Waals surface area contributed by atoms with Gasteiger partial charge in [-0.1, -0.05) is 31.6 Å². The van der Waals surface area contributed by atoms with E-state index in [0.29, 0.717) is 0 Å². The average Bonchev–Trinajstić information content (AvgIpc) is 1.81. The maximum Gasteiger partial charge on any atom is -0.0350 e. The van der Waals surface area contributed by atoms with Crippen molar-refractivity contribution in [3.05, 3.63) is 24.3 Å². The highest BCUT2D eigenvalue weighted by atomic mass is 13.7. The van der Waals surface area contributed by atoms with E-state index in [1.807, 2.05) is 19.1 Å². The van der Waals surface area contributed by atoms with Crippen molar-refractivity contribution in [2.75, 3.05) is 0 Å². The minimum Gasteiger partial charge on any atom is -0.0845 e. The number of hydrogen-bond acceptors (Lipinski definition) is 0. The van der Waals surface area contributed by atoms with Gasteiger partial charge in [-0.2, -0.15) is 0 Å². The topological polar surface area (TPSA) is 0 Å². The van der Waals surface area contributed by atoms with Gasteiger partial charge in [0, 0.05) is 0 Å². The second-order valence-electron chi connectivity index (χ2n) is 1.67. The molecular formula is C8H13. The van der Waals surface area contributed by atoms with Crippen molar-refractivity contribution in [3.63, 3.8) is 0 Å². The Labute approximate surface area is 51.9 Å². The molecule has 0 aromatic carbocycles. The summed E-state index contributed by atoms with van der Waals surface area (Å²) in [6.45, 7) is 4.07. The van der Waals surface area contributed by atoms with Crippen molar-refractivity contribution < 1.29 is 0 Å². The van der Waals surface area contributed by atoms with Gasteiger partial charge in [0.1, 0.15) is 0 Å². The summed E-state index contributed by atoms with van der Waals surface area (Å²) in [6.07, 6.45) is 11.4. The quantitative estimate of drug-likeness (QED) is 0.489. The van der Waals surface area contributed by atoms with Gasteiger partial charge in [-0.05, 0) is 19.4 Å². The van der Waals surface area contributed by atoms with Crippen molar-refractivity contribution in [2.24, 2.45) is 0 Å². The predicted molar refractivity (Wildman–Crippen MR) is 37.5 cm³/mol. The summed E-state index contributed by atoms with van der Waals surface area (Å²) >= 11 is 0. The van der Waals surface area contributed by atoms with Gasteiger partial charge in [0.2, 0.25) is 0 Å². The maximum absolute atomic E-state index is 2.91. The van der Waals surface area contributed by atoms with E-state index >= 15 is 0 Å². The first-order chi connectivity index (χ1) is 3.91. The molecule has 8 heavy (non-hydrogen) atoms. The van der Waals surface area contributed by atoms with E-state index in [4.69, 9.17) is 0 Å². The summed E-state index contributed by atoms with van der Waals surface area (Å²) in [6, 6.07) is 0. The van der Waals surface area contributed by atoms with Crippen molar-refractivity contribution in [3.8, 4) is 0 Å². The van der Waals surface area contributed by atoms with Crippen molar-refractivity contribution in [2.45, 2.75) is 26.7 Å². The van der Waals surface area contributed by atoms with E-state index in [9.17, 15) is 0 Å². The van der Waals surface area contributed by atoms with Crippen LogP contribution in [-0.4, -0.2) is 0 Å². The molecule has 0 fully saturated rings. The monoisotopic (exact) mass is 109 g/mol. The molecule has 0 amide bonds. The van der Waals surface area contributed by atoms with Gasteiger partial charge in [-0.15, -0.1) is 0 Å². The van der Waals surface area contributed by atoms with Gasteiger partial charge in [-0.25, -0.2) is 0 Å². The molecule has 0 aliphatic rings. The van der Waals surface area contributed by atoms with Crippen LogP contribution in [0.4, 0.5) is 0 Å². The molecule has 45 valence electrons. The second-order valence-corrected chi connectivity index (χ2v) is 1.67. The number of hydrogen-bond donors (Lipinski definition) is 0. The van der Waals surface area contributed by atoms with Crippen LogP contribution in [0.1, 0.15) is 26.7 Å². The highest BCUT2D eigenvalue weighted by Crippen LogP contribution is 1.87. The predicted octanol–water partition coefficient (Wildman–Crippen LogP) is 2.72. The highest BCUT2D eigenvalue weighted by molar-refractivity contribution is 4.97. The fourth-order valence-electron chi connectivity index (χ4n) is 0.427. The molecule has 0 nitrogen and oxygen atoms in total. The van der Waals surface area contributed by atoms with Crippen LogP contribution in [0.5, 0.6) is 0 Å². The molecule has 0 unspecified atom stereocenters. The summed E-state index contributed by atoms with van der Waals surface area (Å²) in [5.41, 5.74) is 0. The minimum absolute atomic E-state index is 1.18. The lowest BCUT2D eigenvalue weighted by molar-refractivity contribution is 0.959. The molecule has 0 rings (SSSR count). The van der Waals surface area contributed by atoms with Crippen molar-refractivity contribution >= 4 is 0 Å². The first kappa shape index (κ1) is 7.48. The van der Waals surface area contributed by atoms with Crippen LogP contribution in [0.25, 0.3) is 0 Å². The molecular weight excluding hydrogens is 96.1 g/mol. The van der Waals surface area contributed by atoms with Gasteiger partial charge in [-0.3, -0.25) is 0 Å². The third-order valence-corrected chi connectivity index (χ3v) is 0.854. The molecule has 0 aromatic rings. The Morgan fingerprint density at radius 2 is 2.25 bits per heavy atom. The van der Waals surface area contributed by atoms with Crippen LogP contribution < -0.4 is 0 Å². The summed E-state index contributed by atoms with van der Waals surface area (Å²) < 4.78 is 0. The molecule has 0 saturated heterocycles. The van der Waals surface area contributed by atoms with Crippen molar-refractivity contribution in [1.29, 1.82) is 0 Å². The summed E-state index contributed by atoms with van der Waals surface area (Å²) in [4.78, 5) is 0. The Morgan fingerprint density at radius 3 is 2.75 bits per heavy atom. The second kappa shape index (κ2) is 6.48. The minimum atomic E-state index is 1.18. The standard InChI is InChI=1S/C8H13/c1-3-5-7-8-6-4-2/h6-8H,3,5H2,1-2H3/b6-4?,8-7+. The molecule has 0 bridgehead atoms. The van der Waals surface area contributed by atoms with E-state index in [-0.39, 0.29) is 0 Å². The Hall–Kier alpha value is -0.520. The molecule has 0 heteroatoms. The molecule has 0 spiro atoms. The van der Waals surface area contributed by atoms with Gasteiger partial charge in [0.25, 0.3) is 0 Å². The lowest BCUT2D eigenvalue weighted by Gasteiger charge is -1.78. The Bertz CT molecular complexity index is 78.0. The molecule has 0 atom stereocenters. The van der Waals surface area contributed by atoms with Crippen LogP contribution in [-0.2, 0) is 0 Å². The summed E-state index contributed by atoms with van der Waals surface area (Å²) in [5.74, 6) is 0. The van der Waals surface area contributed by atoms with Crippen LogP contribution >= 0.6 is 0 Å². The molecule has 1 radical (unpaired) electrons. The van der Waals surface area contributed by atoms with E-state index in [1.54, 1.807) is 0 Å². The summed E-state index contributed by atoms with van der Waals surface area (Å²) in [7, 11) is 0. The third-order valence-electron chi connectivity index (χ3n) is 0.854. The van der Waals surface area contributed by atoms with Gasteiger partial charge in [0.05, 0.1) is 0 Å². The number of rotatable bonds is 3. The SMILES string of the molecule is C/[C]=C\C=C\CCC. The molecule has 0 aromatic heterocycles. The smallest absolute Gasteiger partial charge is 0.0350 e. The van der Waals surface area contributed by atoms with Gasteiger partial charge in [0.15, 0.2) is 0 Å². The first-order valence-electron chi connectivity index (χ1n) is 3.07. The third kappa shape index (κ3) is 5.48. The lowest BCUT2D eigenvalue weighted by Crippen LogP contribution is -1.57. The Balaban J connectivity index is 3.07. The summed E-state index contributed by atoms with van der Waals surface area (Å²) in [5, 5.41) is 0. The zero-order chi connectivity index (χ0) is 6.24. The largest absolute Gasteiger partial charge is 0.0845 e. The molecule has 0 saturated carbocycles. The van der Waals surface area contributed by atoms with Crippen LogP contribution in [0.15, 0.2) is 18.2 Å². The van der Waals surface area contributed by atoms with Crippen LogP contribution in [0.2, 0.25) is 0 Å². The number of allylic oxidation sites excluding steroid dienone is 4. The first-order valence-corrected chi connectivity index (χ1v) is 3.07. The maximum atomic E-state index is 2.91. The van der Waals surface area contributed by atoms with Gasteiger partial charge >= 0.3 is 0 Å². The normalized spacial score (nSPS) is 11.8. The van der Waals surface area contributed by atoms with Crippen molar-refractivity contribution in [1.82, 2.24) is 0 Å². The lowest BCUT2D eigenvalue weighted by atomic mass is 10.3. The highest BCUT2D eigenvalue weighted by Gasteiger charge is 1.67. The van der Waals surface area contributed by atoms with E-state index in [2.05, 4.69) is 19.1 Å². The van der Waals surface area contributed by atoms with E-state index in [1.165, 1.54) is 12.8 Å². The molecule has 0 aliphatic heterocycles. The average molecular weight is 109 g/mol. The van der Waals surface area contributed by atoms with E-state index < -0.39 is 0 Å². The van der Waals surface area contributed by atoms with Crippen LogP contribution in [0, 0.1) is 6.08 Å².